The standard InChI is InChI=1S/C8H14F2N4/c1-13(5-7(9)10)4-6-3-8(11)14(2)12-6/h3,7H,4-5,11H2,1-2H3. The number of aromatic nitrogens is 2. The molecule has 0 spiro atoms. The molecule has 80 valence electrons. The summed E-state index contributed by atoms with van der Waals surface area (Å²) in [5.41, 5.74) is 6.25. The Morgan fingerprint density at radius 3 is 2.71 bits per heavy atom. The third-order valence-corrected chi connectivity index (χ3v) is 1.85. The van der Waals surface area contributed by atoms with E-state index in [9.17, 15) is 8.78 Å². The maximum Gasteiger partial charge on any atom is 0.251 e. The van der Waals surface area contributed by atoms with Gasteiger partial charge in [-0.3, -0.25) is 9.58 Å². The molecule has 0 atom stereocenters. The number of alkyl halides is 2. The molecule has 0 aliphatic carbocycles. The molecular formula is C8H14F2N4. The fourth-order valence-corrected chi connectivity index (χ4v) is 1.20. The van der Waals surface area contributed by atoms with Crippen LogP contribution >= 0.6 is 0 Å². The van der Waals surface area contributed by atoms with Gasteiger partial charge in [0.1, 0.15) is 5.82 Å². The van der Waals surface area contributed by atoms with Crippen molar-refractivity contribution < 1.29 is 8.78 Å². The van der Waals surface area contributed by atoms with Gasteiger partial charge in [-0.1, -0.05) is 0 Å². The van der Waals surface area contributed by atoms with E-state index in [0.717, 1.165) is 0 Å². The number of halogens is 2. The van der Waals surface area contributed by atoms with Crippen molar-refractivity contribution >= 4 is 5.82 Å². The van der Waals surface area contributed by atoms with Gasteiger partial charge in [-0.25, -0.2) is 8.78 Å². The zero-order chi connectivity index (χ0) is 10.7. The number of nitrogen functional groups attached to an aromatic ring is 1. The molecule has 0 amide bonds. The van der Waals surface area contributed by atoms with E-state index >= 15 is 0 Å². The quantitative estimate of drug-likeness (QED) is 0.785. The van der Waals surface area contributed by atoms with E-state index in [1.165, 1.54) is 9.58 Å². The van der Waals surface area contributed by atoms with Gasteiger partial charge in [-0.15, -0.1) is 0 Å². The summed E-state index contributed by atoms with van der Waals surface area (Å²) in [7, 11) is 3.34. The predicted molar refractivity (Wildman–Crippen MR) is 50.0 cm³/mol. The molecule has 0 unspecified atom stereocenters. The highest BCUT2D eigenvalue weighted by Crippen LogP contribution is 2.07. The van der Waals surface area contributed by atoms with Crippen LogP contribution in [-0.2, 0) is 13.6 Å². The molecule has 1 aromatic rings. The van der Waals surface area contributed by atoms with Gasteiger partial charge in [-0.2, -0.15) is 5.10 Å². The van der Waals surface area contributed by atoms with E-state index in [-0.39, 0.29) is 6.54 Å². The Balaban J connectivity index is 2.51. The minimum atomic E-state index is -2.32. The van der Waals surface area contributed by atoms with Crippen molar-refractivity contribution in [2.75, 3.05) is 19.3 Å². The molecule has 0 aliphatic heterocycles. The van der Waals surface area contributed by atoms with E-state index in [0.29, 0.717) is 18.1 Å². The summed E-state index contributed by atoms with van der Waals surface area (Å²) in [6.07, 6.45) is -2.32. The zero-order valence-corrected chi connectivity index (χ0v) is 8.24. The van der Waals surface area contributed by atoms with Crippen molar-refractivity contribution in [3.8, 4) is 0 Å². The van der Waals surface area contributed by atoms with E-state index in [1.807, 2.05) is 0 Å². The van der Waals surface area contributed by atoms with Gasteiger partial charge in [0.25, 0.3) is 6.43 Å². The lowest BCUT2D eigenvalue weighted by Gasteiger charge is -2.13. The van der Waals surface area contributed by atoms with Crippen LogP contribution in [0.4, 0.5) is 14.6 Å². The number of nitrogens with two attached hydrogens (primary N) is 1. The van der Waals surface area contributed by atoms with Crippen LogP contribution in [0.2, 0.25) is 0 Å². The number of hydrogen-bond acceptors (Lipinski definition) is 3. The highest BCUT2D eigenvalue weighted by atomic mass is 19.3. The Morgan fingerprint density at radius 2 is 2.29 bits per heavy atom. The number of anilines is 1. The lowest BCUT2D eigenvalue weighted by atomic mass is 10.4. The lowest BCUT2D eigenvalue weighted by Crippen LogP contribution is -2.24. The Kier molecular flexibility index (Phi) is 3.40. The number of hydrogen-bond donors (Lipinski definition) is 1. The summed E-state index contributed by atoms with van der Waals surface area (Å²) in [5, 5.41) is 4.06. The normalized spacial score (nSPS) is 11.6. The van der Waals surface area contributed by atoms with Crippen molar-refractivity contribution in [3.05, 3.63) is 11.8 Å². The number of rotatable bonds is 4. The van der Waals surface area contributed by atoms with Crippen molar-refractivity contribution in [1.29, 1.82) is 0 Å². The fourth-order valence-electron chi connectivity index (χ4n) is 1.20. The largest absolute Gasteiger partial charge is 0.384 e. The second kappa shape index (κ2) is 4.36. The van der Waals surface area contributed by atoms with Crippen LogP contribution in [0.3, 0.4) is 0 Å². The summed E-state index contributed by atoms with van der Waals surface area (Å²) in [5.74, 6) is 0.533. The highest BCUT2D eigenvalue weighted by Gasteiger charge is 2.10. The maximum absolute atomic E-state index is 12.0. The monoisotopic (exact) mass is 204 g/mol. The molecule has 1 heterocycles. The Morgan fingerprint density at radius 1 is 1.64 bits per heavy atom. The van der Waals surface area contributed by atoms with Crippen molar-refractivity contribution in [1.82, 2.24) is 14.7 Å². The van der Waals surface area contributed by atoms with Gasteiger partial charge in [0.2, 0.25) is 0 Å². The molecule has 0 aromatic carbocycles. The first-order valence-corrected chi connectivity index (χ1v) is 4.24. The molecule has 0 saturated carbocycles. The number of aryl methyl sites for hydroxylation is 1. The first-order valence-electron chi connectivity index (χ1n) is 4.24. The van der Waals surface area contributed by atoms with Crippen LogP contribution < -0.4 is 5.73 Å². The minimum Gasteiger partial charge on any atom is -0.384 e. The fraction of sp³-hybridized carbons (Fsp3) is 0.625. The molecule has 0 saturated heterocycles. The van der Waals surface area contributed by atoms with Crippen LogP contribution in [0.25, 0.3) is 0 Å². The Bertz CT molecular complexity index is 278. The average molecular weight is 204 g/mol. The average Bonchev–Trinajstić information content (AvgIpc) is 2.28. The number of nitrogens with zero attached hydrogens (tertiary/aromatic N) is 3. The third-order valence-electron chi connectivity index (χ3n) is 1.85. The molecule has 2 N–H and O–H groups in total. The smallest absolute Gasteiger partial charge is 0.251 e. The molecule has 0 fully saturated rings. The molecule has 1 rings (SSSR count). The Labute approximate surface area is 81.3 Å². The molecule has 0 radical (unpaired) electrons. The van der Waals surface area contributed by atoms with Gasteiger partial charge < -0.3 is 5.73 Å². The molecule has 0 aliphatic rings. The summed E-state index contributed by atoms with van der Waals surface area (Å²) in [4.78, 5) is 1.51. The first kappa shape index (κ1) is 10.9. The van der Waals surface area contributed by atoms with Crippen LogP contribution in [0, 0.1) is 0 Å². The molecule has 4 nitrogen and oxygen atoms in total. The summed E-state index contributed by atoms with van der Waals surface area (Å²) in [6, 6.07) is 1.68. The van der Waals surface area contributed by atoms with Crippen LogP contribution in [0.15, 0.2) is 6.07 Å². The SMILES string of the molecule is CN(Cc1cc(N)n(C)n1)CC(F)F. The van der Waals surface area contributed by atoms with E-state index in [4.69, 9.17) is 5.73 Å². The minimum absolute atomic E-state index is 0.253. The molecule has 1 aromatic heterocycles. The van der Waals surface area contributed by atoms with E-state index < -0.39 is 6.43 Å². The van der Waals surface area contributed by atoms with E-state index in [1.54, 1.807) is 20.2 Å². The van der Waals surface area contributed by atoms with Crippen LogP contribution in [0.5, 0.6) is 0 Å². The topological polar surface area (TPSA) is 47.1 Å². The molecule has 0 bridgehead atoms. The summed E-state index contributed by atoms with van der Waals surface area (Å²) in [6.45, 7) is 0.131. The Hall–Kier alpha value is -1.17. The second-order valence-corrected chi connectivity index (χ2v) is 3.27. The molecule has 6 heteroatoms. The van der Waals surface area contributed by atoms with E-state index in [2.05, 4.69) is 5.10 Å². The predicted octanol–water partition coefficient (Wildman–Crippen LogP) is 0.699. The van der Waals surface area contributed by atoms with Gasteiger partial charge in [0.15, 0.2) is 0 Å². The van der Waals surface area contributed by atoms with Gasteiger partial charge >= 0.3 is 0 Å². The second-order valence-electron chi connectivity index (χ2n) is 3.27. The van der Waals surface area contributed by atoms with Gasteiger partial charge in [0, 0.05) is 19.7 Å². The van der Waals surface area contributed by atoms with Gasteiger partial charge in [-0.05, 0) is 7.05 Å². The van der Waals surface area contributed by atoms with Gasteiger partial charge in [0.05, 0.1) is 12.2 Å². The van der Waals surface area contributed by atoms with Crippen molar-refractivity contribution in [3.63, 3.8) is 0 Å². The van der Waals surface area contributed by atoms with Crippen molar-refractivity contribution in [2.45, 2.75) is 13.0 Å². The lowest BCUT2D eigenvalue weighted by molar-refractivity contribution is 0.0970. The van der Waals surface area contributed by atoms with Crippen LogP contribution in [-0.4, -0.2) is 34.7 Å². The zero-order valence-electron chi connectivity index (χ0n) is 8.24. The molecule has 14 heavy (non-hydrogen) atoms. The highest BCUT2D eigenvalue weighted by molar-refractivity contribution is 5.30. The maximum atomic E-state index is 12.0. The van der Waals surface area contributed by atoms with Crippen LogP contribution in [0.1, 0.15) is 5.69 Å². The summed E-state index contributed by atoms with van der Waals surface area (Å²) >= 11 is 0. The summed E-state index contributed by atoms with van der Waals surface area (Å²) < 4.78 is 25.5. The molecular weight excluding hydrogens is 190 g/mol. The first-order chi connectivity index (χ1) is 6.49. The third kappa shape index (κ3) is 2.95. The van der Waals surface area contributed by atoms with Crippen molar-refractivity contribution in [2.24, 2.45) is 7.05 Å².